The van der Waals surface area contributed by atoms with E-state index in [1.807, 2.05) is 6.07 Å². The third-order valence-corrected chi connectivity index (χ3v) is 4.10. The lowest BCUT2D eigenvalue weighted by Gasteiger charge is -2.03. The van der Waals surface area contributed by atoms with Crippen molar-refractivity contribution in [2.24, 2.45) is 0 Å². The molecule has 0 saturated carbocycles. The highest BCUT2D eigenvalue weighted by Crippen LogP contribution is 2.31. The summed E-state index contributed by atoms with van der Waals surface area (Å²) in [7, 11) is 0. The van der Waals surface area contributed by atoms with E-state index in [9.17, 15) is 4.79 Å². The largest absolute Gasteiger partial charge is 0.476 e. The van der Waals surface area contributed by atoms with Crippen LogP contribution in [0.3, 0.4) is 0 Å². The van der Waals surface area contributed by atoms with E-state index in [1.54, 1.807) is 24.4 Å². The average Bonchev–Trinajstić information content (AvgIpc) is 2.95. The summed E-state index contributed by atoms with van der Waals surface area (Å²) < 4.78 is 0.860. The topological polar surface area (TPSA) is 98.9 Å². The Hall–Kier alpha value is -2.98. The predicted octanol–water partition coefficient (Wildman–Crippen LogP) is 2.87. The standard InChI is InChI=1S/C15H10N4O2S/c16-5-9-3-10(7-17-6-9)8-19-13-4-11-12(22-13)1-2-18-14(11)15(20)21/h1-4,6-7,19H,8H2,(H,20,21). The number of carboxylic acids is 1. The fourth-order valence-corrected chi connectivity index (χ4v) is 3.01. The summed E-state index contributed by atoms with van der Waals surface area (Å²) >= 11 is 1.46. The molecule has 6 nitrogen and oxygen atoms in total. The number of pyridine rings is 2. The van der Waals surface area contributed by atoms with Crippen LogP contribution in [0, 0.1) is 11.3 Å². The molecule has 22 heavy (non-hydrogen) atoms. The molecule has 0 unspecified atom stereocenters. The van der Waals surface area contributed by atoms with E-state index in [1.165, 1.54) is 23.7 Å². The van der Waals surface area contributed by atoms with Gasteiger partial charge in [0.1, 0.15) is 6.07 Å². The van der Waals surface area contributed by atoms with E-state index < -0.39 is 5.97 Å². The minimum atomic E-state index is -1.04. The molecular formula is C15H10N4O2S. The summed E-state index contributed by atoms with van der Waals surface area (Å²) in [6.45, 7) is 0.505. The molecule has 0 aromatic carbocycles. The minimum Gasteiger partial charge on any atom is -0.476 e. The van der Waals surface area contributed by atoms with Gasteiger partial charge in [0.15, 0.2) is 5.69 Å². The molecule has 0 radical (unpaired) electrons. The Balaban J connectivity index is 1.84. The molecule has 0 spiro atoms. The first-order chi connectivity index (χ1) is 10.7. The fourth-order valence-electron chi connectivity index (χ4n) is 2.06. The van der Waals surface area contributed by atoms with E-state index in [0.29, 0.717) is 17.5 Å². The number of anilines is 1. The van der Waals surface area contributed by atoms with Gasteiger partial charge in [-0.2, -0.15) is 5.26 Å². The fraction of sp³-hybridized carbons (Fsp3) is 0.0667. The Morgan fingerprint density at radius 1 is 1.41 bits per heavy atom. The molecule has 0 atom stereocenters. The number of hydrogen-bond donors (Lipinski definition) is 2. The Morgan fingerprint density at radius 2 is 2.27 bits per heavy atom. The molecule has 2 N–H and O–H groups in total. The number of rotatable bonds is 4. The zero-order valence-corrected chi connectivity index (χ0v) is 12.1. The third kappa shape index (κ3) is 2.73. The highest BCUT2D eigenvalue weighted by molar-refractivity contribution is 7.22. The summed E-state index contributed by atoms with van der Waals surface area (Å²) in [6, 6.07) is 7.37. The Kier molecular flexibility index (Phi) is 3.68. The predicted molar refractivity (Wildman–Crippen MR) is 82.9 cm³/mol. The summed E-state index contributed by atoms with van der Waals surface area (Å²) in [5, 5.41) is 22.7. The number of thiophene rings is 1. The third-order valence-electron chi connectivity index (χ3n) is 3.04. The highest BCUT2D eigenvalue weighted by atomic mass is 32.1. The molecule has 0 fully saturated rings. The van der Waals surface area contributed by atoms with E-state index >= 15 is 0 Å². The van der Waals surface area contributed by atoms with Crippen molar-refractivity contribution in [3.63, 3.8) is 0 Å². The highest BCUT2D eigenvalue weighted by Gasteiger charge is 2.12. The number of carboxylic acid groups (broad SMARTS) is 1. The van der Waals surface area contributed by atoms with Gasteiger partial charge in [-0.3, -0.25) is 4.98 Å². The number of aromatic nitrogens is 2. The second kappa shape index (κ2) is 5.79. The van der Waals surface area contributed by atoms with Crippen LogP contribution < -0.4 is 5.32 Å². The maximum Gasteiger partial charge on any atom is 0.355 e. The SMILES string of the molecule is N#Cc1cncc(CNc2cc3c(C(=O)O)nccc3s2)c1. The Bertz CT molecular complexity index is 898. The second-order valence-corrected chi connectivity index (χ2v) is 5.62. The first-order valence-electron chi connectivity index (χ1n) is 6.37. The van der Waals surface area contributed by atoms with Crippen molar-refractivity contribution in [1.82, 2.24) is 9.97 Å². The van der Waals surface area contributed by atoms with Crippen LogP contribution in [0.4, 0.5) is 5.00 Å². The first-order valence-corrected chi connectivity index (χ1v) is 7.19. The molecule has 0 aliphatic heterocycles. The van der Waals surface area contributed by atoms with E-state index in [0.717, 1.165) is 15.3 Å². The van der Waals surface area contributed by atoms with Crippen molar-refractivity contribution in [1.29, 1.82) is 5.26 Å². The monoisotopic (exact) mass is 310 g/mol. The van der Waals surface area contributed by atoms with Crippen LogP contribution in [0.15, 0.2) is 36.8 Å². The molecule has 7 heteroatoms. The minimum absolute atomic E-state index is 0.0509. The van der Waals surface area contributed by atoms with Crippen LogP contribution in [0.2, 0.25) is 0 Å². The van der Waals surface area contributed by atoms with Crippen molar-refractivity contribution < 1.29 is 9.90 Å². The van der Waals surface area contributed by atoms with Gasteiger partial charge in [-0.15, -0.1) is 11.3 Å². The molecule has 3 aromatic rings. The zero-order chi connectivity index (χ0) is 15.5. The van der Waals surface area contributed by atoms with Crippen LogP contribution in [-0.4, -0.2) is 21.0 Å². The number of aromatic carboxylic acids is 1. The maximum absolute atomic E-state index is 11.2. The quantitative estimate of drug-likeness (QED) is 0.768. The molecule has 0 bridgehead atoms. The number of fused-ring (bicyclic) bond motifs is 1. The van der Waals surface area contributed by atoms with Crippen LogP contribution in [0.25, 0.3) is 10.1 Å². The number of hydrogen-bond acceptors (Lipinski definition) is 6. The summed E-state index contributed by atoms with van der Waals surface area (Å²) in [5.74, 6) is -1.04. The second-order valence-electron chi connectivity index (χ2n) is 4.53. The molecule has 0 aliphatic rings. The van der Waals surface area contributed by atoms with Gasteiger partial charge in [0.25, 0.3) is 0 Å². The summed E-state index contributed by atoms with van der Waals surface area (Å²) in [4.78, 5) is 19.1. The number of carbonyl (C=O) groups is 1. The lowest BCUT2D eigenvalue weighted by Crippen LogP contribution is -2.00. The van der Waals surface area contributed by atoms with Crippen molar-refractivity contribution in [3.05, 3.63) is 53.6 Å². The van der Waals surface area contributed by atoms with Crippen molar-refractivity contribution in [2.45, 2.75) is 6.54 Å². The lowest BCUT2D eigenvalue weighted by molar-refractivity contribution is 0.0693. The van der Waals surface area contributed by atoms with E-state index in [-0.39, 0.29) is 5.69 Å². The van der Waals surface area contributed by atoms with Gasteiger partial charge in [-0.05, 0) is 23.8 Å². The van der Waals surface area contributed by atoms with Crippen molar-refractivity contribution in [2.75, 3.05) is 5.32 Å². The average molecular weight is 310 g/mol. The summed E-state index contributed by atoms with van der Waals surface area (Å²) in [5.41, 5.74) is 1.44. The smallest absolute Gasteiger partial charge is 0.355 e. The normalized spacial score (nSPS) is 10.3. The molecule has 3 aromatic heterocycles. The van der Waals surface area contributed by atoms with Crippen LogP contribution in [0.1, 0.15) is 21.6 Å². The van der Waals surface area contributed by atoms with Crippen LogP contribution in [-0.2, 0) is 6.54 Å². The Morgan fingerprint density at radius 3 is 3.05 bits per heavy atom. The molecule has 108 valence electrons. The number of nitrogens with one attached hydrogen (secondary N) is 1. The van der Waals surface area contributed by atoms with E-state index in [2.05, 4.69) is 15.3 Å². The van der Waals surface area contributed by atoms with Gasteiger partial charge in [-0.1, -0.05) is 0 Å². The summed E-state index contributed by atoms with van der Waals surface area (Å²) in [6.07, 6.45) is 4.69. The van der Waals surface area contributed by atoms with Gasteiger partial charge in [0.2, 0.25) is 0 Å². The van der Waals surface area contributed by atoms with Crippen LogP contribution >= 0.6 is 11.3 Å². The molecule has 0 aliphatic carbocycles. The number of nitrogens with zero attached hydrogens (tertiary/aromatic N) is 3. The van der Waals surface area contributed by atoms with Crippen molar-refractivity contribution in [3.8, 4) is 6.07 Å². The van der Waals surface area contributed by atoms with E-state index in [4.69, 9.17) is 10.4 Å². The van der Waals surface area contributed by atoms with Gasteiger partial charge in [0.05, 0.1) is 10.6 Å². The molecule has 0 amide bonds. The molecule has 3 heterocycles. The van der Waals surface area contributed by atoms with Gasteiger partial charge in [-0.25, -0.2) is 9.78 Å². The van der Waals surface area contributed by atoms with Crippen molar-refractivity contribution >= 4 is 32.4 Å². The maximum atomic E-state index is 11.2. The zero-order valence-electron chi connectivity index (χ0n) is 11.3. The molecule has 0 saturated heterocycles. The molecular weight excluding hydrogens is 300 g/mol. The van der Waals surface area contributed by atoms with Gasteiger partial charge >= 0.3 is 5.97 Å². The number of nitriles is 1. The van der Waals surface area contributed by atoms with Crippen LogP contribution in [0.5, 0.6) is 0 Å². The lowest BCUT2D eigenvalue weighted by atomic mass is 10.2. The first kappa shape index (κ1) is 14.0. The Labute approximate surface area is 129 Å². The van der Waals surface area contributed by atoms with Gasteiger partial charge < -0.3 is 10.4 Å². The van der Waals surface area contributed by atoms with Gasteiger partial charge in [0, 0.05) is 35.2 Å². The molecule has 3 rings (SSSR count).